The van der Waals surface area contributed by atoms with Crippen molar-refractivity contribution in [1.82, 2.24) is 9.55 Å². The number of ether oxygens (including phenoxy) is 1. The normalized spacial score (nSPS) is 23.6. The van der Waals surface area contributed by atoms with Gasteiger partial charge in [0.15, 0.2) is 9.84 Å². The van der Waals surface area contributed by atoms with E-state index in [1.165, 1.54) is 6.26 Å². The Hall–Kier alpha value is -1.44. The van der Waals surface area contributed by atoms with E-state index in [-0.39, 0.29) is 4.90 Å². The molecule has 1 aliphatic rings. The van der Waals surface area contributed by atoms with E-state index in [0.717, 1.165) is 5.52 Å². The van der Waals surface area contributed by atoms with E-state index in [2.05, 4.69) is 4.98 Å². The lowest BCUT2D eigenvalue weighted by Gasteiger charge is -2.20. The molecule has 0 amide bonds. The van der Waals surface area contributed by atoms with Gasteiger partial charge >= 0.3 is 0 Å². The second kappa shape index (κ2) is 4.28. The Labute approximate surface area is 117 Å². The molecule has 20 heavy (non-hydrogen) atoms. The molecule has 0 saturated carbocycles. The number of fused-ring (bicyclic) bond motifs is 1. The van der Waals surface area contributed by atoms with Crippen LogP contribution < -0.4 is 5.73 Å². The molecule has 2 heterocycles. The van der Waals surface area contributed by atoms with Crippen molar-refractivity contribution in [2.45, 2.75) is 16.9 Å². The van der Waals surface area contributed by atoms with Crippen LogP contribution in [0.5, 0.6) is 0 Å². The summed E-state index contributed by atoms with van der Waals surface area (Å²) in [5, 5.41) is 0. The summed E-state index contributed by atoms with van der Waals surface area (Å²) in [6.07, 6.45) is 1.87. The van der Waals surface area contributed by atoms with Gasteiger partial charge in [-0.3, -0.25) is 0 Å². The first-order chi connectivity index (χ1) is 9.33. The average molecular weight is 295 g/mol. The third kappa shape index (κ3) is 1.93. The molecule has 1 aliphatic heterocycles. The van der Waals surface area contributed by atoms with Gasteiger partial charge in [0, 0.05) is 19.9 Å². The Morgan fingerprint density at radius 2 is 2.20 bits per heavy atom. The van der Waals surface area contributed by atoms with Crippen LogP contribution in [-0.2, 0) is 27.2 Å². The highest BCUT2D eigenvalue weighted by Crippen LogP contribution is 2.31. The number of aromatic nitrogens is 2. The van der Waals surface area contributed by atoms with Gasteiger partial charge in [-0.15, -0.1) is 0 Å². The van der Waals surface area contributed by atoms with Gasteiger partial charge in [0.2, 0.25) is 0 Å². The van der Waals surface area contributed by atoms with Gasteiger partial charge in [-0.05, 0) is 18.6 Å². The number of benzene rings is 1. The highest BCUT2D eigenvalue weighted by molar-refractivity contribution is 7.91. The van der Waals surface area contributed by atoms with Gasteiger partial charge < -0.3 is 15.0 Å². The number of rotatable bonds is 2. The highest BCUT2D eigenvalue weighted by Gasteiger charge is 2.37. The molecule has 3 rings (SSSR count). The van der Waals surface area contributed by atoms with Gasteiger partial charge in [0.25, 0.3) is 0 Å². The molecule has 1 atom stereocenters. The van der Waals surface area contributed by atoms with Crippen molar-refractivity contribution in [3.8, 4) is 0 Å². The molecule has 0 radical (unpaired) electrons. The van der Waals surface area contributed by atoms with Crippen LogP contribution in [-0.4, -0.2) is 37.4 Å². The number of sulfone groups is 1. The Kier molecular flexibility index (Phi) is 2.89. The fraction of sp³-hybridized carbons (Fsp3) is 0.462. The van der Waals surface area contributed by atoms with Crippen molar-refractivity contribution in [2.75, 3.05) is 19.5 Å². The summed E-state index contributed by atoms with van der Waals surface area (Å²) in [7, 11) is -1.47. The summed E-state index contributed by atoms with van der Waals surface area (Å²) in [5.41, 5.74) is 6.94. The maximum absolute atomic E-state index is 11.9. The molecule has 1 unspecified atom stereocenters. The van der Waals surface area contributed by atoms with Crippen LogP contribution in [0.15, 0.2) is 23.1 Å². The third-order valence-electron chi connectivity index (χ3n) is 3.77. The second-order valence-electron chi connectivity index (χ2n) is 5.35. The van der Waals surface area contributed by atoms with Crippen LogP contribution in [0.3, 0.4) is 0 Å². The number of aryl methyl sites for hydroxylation is 1. The molecule has 2 N–H and O–H groups in total. The maximum atomic E-state index is 11.9. The van der Waals surface area contributed by atoms with Gasteiger partial charge in [0.1, 0.15) is 16.9 Å². The first-order valence-corrected chi connectivity index (χ1v) is 8.25. The molecule has 0 spiro atoms. The zero-order chi connectivity index (χ0) is 14.5. The largest absolute Gasteiger partial charge is 0.379 e. The van der Waals surface area contributed by atoms with Crippen molar-refractivity contribution >= 4 is 20.9 Å². The summed E-state index contributed by atoms with van der Waals surface area (Å²) >= 11 is 0. The van der Waals surface area contributed by atoms with Crippen LogP contribution in [0.1, 0.15) is 12.2 Å². The van der Waals surface area contributed by atoms with Gasteiger partial charge in [-0.2, -0.15) is 0 Å². The number of nitrogens with two attached hydrogens (primary N) is 1. The lowest BCUT2D eigenvalue weighted by atomic mass is 9.99. The van der Waals surface area contributed by atoms with E-state index in [1.54, 1.807) is 12.1 Å². The minimum Gasteiger partial charge on any atom is -0.379 e. The SMILES string of the molecule is Cn1c(C2(N)CCOC2)nc2c(S(C)(=O)=O)cccc21. The smallest absolute Gasteiger partial charge is 0.177 e. The van der Waals surface area contributed by atoms with Gasteiger partial charge in [-0.1, -0.05) is 6.07 Å². The average Bonchev–Trinajstić information content (AvgIpc) is 2.94. The zero-order valence-corrected chi connectivity index (χ0v) is 12.3. The van der Waals surface area contributed by atoms with E-state index in [4.69, 9.17) is 10.5 Å². The lowest BCUT2D eigenvalue weighted by Crippen LogP contribution is -2.39. The first-order valence-electron chi connectivity index (χ1n) is 6.35. The Bertz CT molecular complexity index is 774. The van der Waals surface area contributed by atoms with E-state index in [9.17, 15) is 8.42 Å². The zero-order valence-electron chi connectivity index (χ0n) is 11.5. The number of hydrogen-bond donors (Lipinski definition) is 1. The van der Waals surface area contributed by atoms with E-state index in [1.807, 2.05) is 17.7 Å². The first kappa shape index (κ1) is 13.5. The summed E-state index contributed by atoms with van der Waals surface area (Å²) in [4.78, 5) is 4.75. The van der Waals surface area contributed by atoms with E-state index in [0.29, 0.717) is 31.0 Å². The van der Waals surface area contributed by atoms with Crippen molar-refractivity contribution in [2.24, 2.45) is 12.8 Å². The van der Waals surface area contributed by atoms with Gasteiger partial charge in [-0.25, -0.2) is 13.4 Å². The van der Waals surface area contributed by atoms with Crippen molar-refractivity contribution in [3.05, 3.63) is 24.0 Å². The Balaban J connectivity index is 2.30. The molecule has 0 bridgehead atoms. The number of hydrogen-bond acceptors (Lipinski definition) is 5. The molecule has 1 saturated heterocycles. The van der Waals surface area contributed by atoms with Crippen LogP contribution >= 0.6 is 0 Å². The molecule has 1 aromatic heterocycles. The van der Waals surface area contributed by atoms with Crippen molar-refractivity contribution in [1.29, 1.82) is 0 Å². The standard InChI is InChI=1S/C13H17N3O3S/c1-16-9-4-3-5-10(20(2,17)18)11(9)15-12(16)13(14)6-7-19-8-13/h3-5H,6-8,14H2,1-2H3. The van der Waals surface area contributed by atoms with E-state index >= 15 is 0 Å². The van der Waals surface area contributed by atoms with Crippen LogP contribution in [0.4, 0.5) is 0 Å². The molecule has 1 aromatic carbocycles. The predicted molar refractivity (Wildman–Crippen MR) is 75.1 cm³/mol. The van der Waals surface area contributed by atoms with Crippen LogP contribution in [0.2, 0.25) is 0 Å². The van der Waals surface area contributed by atoms with Gasteiger partial charge in [0.05, 0.1) is 17.0 Å². The minimum absolute atomic E-state index is 0.236. The molecule has 6 nitrogen and oxygen atoms in total. The van der Waals surface area contributed by atoms with Crippen molar-refractivity contribution < 1.29 is 13.2 Å². The second-order valence-corrected chi connectivity index (χ2v) is 7.33. The molecule has 108 valence electrons. The molecule has 1 fully saturated rings. The van der Waals surface area contributed by atoms with Crippen LogP contribution in [0, 0.1) is 0 Å². The molecular formula is C13H17N3O3S. The number of nitrogens with zero attached hydrogens (tertiary/aromatic N) is 2. The molecule has 7 heteroatoms. The highest BCUT2D eigenvalue weighted by atomic mass is 32.2. The summed E-state index contributed by atoms with van der Waals surface area (Å²) in [6, 6.07) is 5.14. The molecule has 2 aromatic rings. The Morgan fingerprint density at radius 3 is 2.80 bits per heavy atom. The van der Waals surface area contributed by atoms with Crippen LogP contribution in [0.25, 0.3) is 11.0 Å². The fourth-order valence-electron chi connectivity index (χ4n) is 2.69. The molecular weight excluding hydrogens is 278 g/mol. The fourth-order valence-corrected chi connectivity index (χ4v) is 3.52. The topological polar surface area (TPSA) is 87.2 Å². The Morgan fingerprint density at radius 1 is 1.45 bits per heavy atom. The maximum Gasteiger partial charge on any atom is 0.177 e. The lowest BCUT2D eigenvalue weighted by molar-refractivity contribution is 0.175. The van der Waals surface area contributed by atoms with Crippen molar-refractivity contribution in [3.63, 3.8) is 0 Å². The number of para-hydroxylation sites is 1. The summed E-state index contributed by atoms with van der Waals surface area (Å²) < 4.78 is 31.0. The third-order valence-corrected chi connectivity index (χ3v) is 4.90. The minimum atomic E-state index is -3.32. The molecule has 0 aliphatic carbocycles. The quantitative estimate of drug-likeness (QED) is 0.874. The summed E-state index contributed by atoms with van der Waals surface area (Å²) in [5.74, 6) is 0.668. The summed E-state index contributed by atoms with van der Waals surface area (Å²) in [6.45, 7) is 0.997. The van der Waals surface area contributed by atoms with E-state index < -0.39 is 15.4 Å². The monoisotopic (exact) mass is 295 g/mol. The predicted octanol–water partition coefficient (Wildman–Crippen LogP) is 0.551. The number of imidazole rings is 1.